The average Bonchev–Trinajstić information content (AvgIpc) is 3.18. The highest BCUT2D eigenvalue weighted by Crippen LogP contribution is 2.67. The molecule has 1 aromatic carbocycles. The quantitative estimate of drug-likeness (QED) is 0.374. The lowest BCUT2D eigenvalue weighted by atomic mass is 9.46. The lowest BCUT2D eigenvalue weighted by molar-refractivity contribution is -0.125. The Labute approximate surface area is 224 Å². The molecular formula is C31H38N2O5. The fourth-order valence-corrected chi connectivity index (χ4v) is 8.09. The Hall–Kier alpha value is -3.11. The molecule has 4 aliphatic carbocycles. The van der Waals surface area contributed by atoms with Crippen LogP contribution in [0.2, 0.25) is 0 Å². The molecule has 0 heterocycles. The first-order chi connectivity index (χ1) is 18.1. The number of hydrogen-bond donors (Lipinski definition) is 3. The molecule has 3 fully saturated rings. The van der Waals surface area contributed by atoms with Crippen LogP contribution in [0.4, 0.5) is 0 Å². The number of allylic oxidation sites excluding steroid dienone is 2. The molecule has 0 aromatic heterocycles. The number of benzene rings is 1. The van der Waals surface area contributed by atoms with E-state index in [1.54, 1.807) is 12.1 Å². The van der Waals surface area contributed by atoms with Gasteiger partial charge in [-0.3, -0.25) is 4.79 Å². The highest BCUT2D eigenvalue weighted by Gasteiger charge is 2.63. The lowest BCUT2D eigenvalue weighted by Gasteiger charge is -2.58. The van der Waals surface area contributed by atoms with Gasteiger partial charge in [-0.15, -0.1) is 6.42 Å². The van der Waals surface area contributed by atoms with E-state index >= 15 is 0 Å². The summed E-state index contributed by atoms with van der Waals surface area (Å²) in [6.07, 6.45) is 15.8. The Morgan fingerprint density at radius 1 is 1.11 bits per heavy atom. The predicted molar refractivity (Wildman–Crippen MR) is 144 cm³/mol. The second-order valence-corrected chi connectivity index (χ2v) is 12.1. The van der Waals surface area contributed by atoms with Crippen LogP contribution in [-0.4, -0.2) is 40.0 Å². The van der Waals surface area contributed by atoms with E-state index in [0.29, 0.717) is 30.7 Å². The van der Waals surface area contributed by atoms with Crippen LogP contribution >= 0.6 is 0 Å². The van der Waals surface area contributed by atoms with Gasteiger partial charge in [-0.25, -0.2) is 4.79 Å². The van der Waals surface area contributed by atoms with Gasteiger partial charge in [-0.1, -0.05) is 42.6 Å². The number of hydrogen-bond acceptors (Lipinski definition) is 5. The van der Waals surface area contributed by atoms with Crippen molar-refractivity contribution < 1.29 is 24.6 Å². The lowest BCUT2D eigenvalue weighted by Crippen LogP contribution is -2.54. The fraction of sp³-hybridized carbons (Fsp3) is 0.581. The fourth-order valence-electron chi connectivity index (χ4n) is 8.09. The molecule has 0 spiro atoms. The van der Waals surface area contributed by atoms with Gasteiger partial charge in [0, 0.05) is 12.0 Å². The van der Waals surface area contributed by atoms with Crippen LogP contribution in [0.3, 0.4) is 0 Å². The maximum Gasteiger partial charge on any atom is 0.335 e. The van der Waals surface area contributed by atoms with E-state index < -0.39 is 11.6 Å². The number of fused-ring (bicyclic) bond motifs is 5. The molecule has 0 saturated heterocycles. The summed E-state index contributed by atoms with van der Waals surface area (Å²) in [5, 5.41) is 27.2. The standard InChI is InChI=1S/C31H38N2O5/c1-4-31(37)16-13-26-24-10-9-22-17-23(11-14-29(22,2)25(24)12-15-30(26,31)3)33-38-19-27(34)32-18-20-5-7-21(8-6-20)28(35)36/h1,5-8,17,24-26,37H,9-16,18-19H2,2-3H3,(H,32,34)(H,35,36)/b33-23-/t24-,25+,26+,29+,30+,31-/m1/s1. The van der Waals surface area contributed by atoms with Crippen molar-refractivity contribution in [3.63, 3.8) is 0 Å². The molecule has 7 heteroatoms. The van der Waals surface area contributed by atoms with Crippen molar-refractivity contribution >= 4 is 17.6 Å². The number of carboxylic acid groups (broad SMARTS) is 1. The third-order valence-electron chi connectivity index (χ3n) is 10.4. The van der Waals surface area contributed by atoms with Crippen molar-refractivity contribution in [3.8, 4) is 12.3 Å². The number of carbonyl (C=O) groups excluding carboxylic acids is 1. The van der Waals surface area contributed by atoms with E-state index in [1.165, 1.54) is 17.7 Å². The summed E-state index contributed by atoms with van der Waals surface area (Å²) < 4.78 is 0. The summed E-state index contributed by atoms with van der Waals surface area (Å²) in [7, 11) is 0. The smallest absolute Gasteiger partial charge is 0.335 e. The van der Waals surface area contributed by atoms with Crippen LogP contribution in [0.1, 0.15) is 81.1 Å². The van der Waals surface area contributed by atoms with Crippen LogP contribution in [0, 0.1) is 40.9 Å². The Morgan fingerprint density at radius 3 is 2.55 bits per heavy atom. The number of carbonyl (C=O) groups is 2. The summed E-state index contributed by atoms with van der Waals surface area (Å²) in [5.74, 6) is 3.18. The van der Waals surface area contributed by atoms with E-state index in [2.05, 4.69) is 36.3 Å². The van der Waals surface area contributed by atoms with Crippen LogP contribution in [0.25, 0.3) is 0 Å². The van der Waals surface area contributed by atoms with Crippen LogP contribution in [0.5, 0.6) is 0 Å². The Kier molecular flexibility index (Phi) is 6.89. The van der Waals surface area contributed by atoms with Crippen LogP contribution < -0.4 is 5.32 Å². The highest BCUT2D eigenvalue weighted by atomic mass is 16.6. The molecule has 7 nitrogen and oxygen atoms in total. The number of nitrogens with one attached hydrogen (secondary N) is 1. The number of terminal acetylenes is 1. The molecule has 3 saturated carbocycles. The monoisotopic (exact) mass is 518 g/mol. The minimum Gasteiger partial charge on any atom is -0.478 e. The maximum atomic E-state index is 12.2. The number of amides is 1. The van der Waals surface area contributed by atoms with E-state index in [4.69, 9.17) is 16.4 Å². The minimum atomic E-state index is -0.979. The molecule has 0 radical (unpaired) electrons. The van der Waals surface area contributed by atoms with Crippen molar-refractivity contribution in [1.29, 1.82) is 0 Å². The first kappa shape index (κ1) is 26.5. The van der Waals surface area contributed by atoms with Gasteiger partial charge in [-0.05, 0) is 98.3 Å². The first-order valence-electron chi connectivity index (χ1n) is 13.8. The molecule has 0 bridgehead atoms. The average molecular weight is 519 g/mol. The summed E-state index contributed by atoms with van der Waals surface area (Å²) in [6, 6.07) is 6.39. The minimum absolute atomic E-state index is 0.133. The van der Waals surface area contributed by atoms with Crippen LogP contribution in [-0.2, 0) is 16.2 Å². The van der Waals surface area contributed by atoms with Gasteiger partial charge in [-0.2, -0.15) is 0 Å². The molecule has 4 aliphatic rings. The molecule has 5 rings (SSSR count). The number of nitrogens with zero attached hydrogens (tertiary/aromatic N) is 1. The van der Waals surface area contributed by atoms with E-state index in [0.717, 1.165) is 56.2 Å². The molecule has 1 aromatic rings. The highest BCUT2D eigenvalue weighted by molar-refractivity contribution is 5.96. The molecule has 0 unspecified atom stereocenters. The zero-order valence-corrected chi connectivity index (χ0v) is 22.3. The number of carboxylic acids is 1. The van der Waals surface area contributed by atoms with Gasteiger partial charge < -0.3 is 20.4 Å². The SMILES string of the molecule is C#C[C@@]1(O)CC[C@H]2[C@@H]3CCC4=C/C(=N\OCC(=O)NCc5ccc(C(=O)O)cc5)CC[C@]4(C)[C@H]3CC[C@@]21C. The van der Waals surface area contributed by atoms with Crippen molar-refractivity contribution in [2.75, 3.05) is 6.61 Å². The molecular weight excluding hydrogens is 480 g/mol. The summed E-state index contributed by atoms with van der Waals surface area (Å²) in [6.45, 7) is 4.76. The molecule has 3 N–H and O–H groups in total. The van der Waals surface area contributed by atoms with Crippen molar-refractivity contribution in [2.45, 2.75) is 77.4 Å². The second kappa shape index (κ2) is 9.89. The number of aliphatic hydroxyl groups is 1. The van der Waals surface area contributed by atoms with Gasteiger partial charge >= 0.3 is 5.97 Å². The topological polar surface area (TPSA) is 108 Å². The molecule has 6 atom stereocenters. The third kappa shape index (κ3) is 4.43. The van der Waals surface area contributed by atoms with Crippen molar-refractivity contribution in [3.05, 3.63) is 47.0 Å². The predicted octanol–water partition coefficient (Wildman–Crippen LogP) is 4.70. The van der Waals surface area contributed by atoms with Crippen molar-refractivity contribution in [2.24, 2.45) is 33.7 Å². The molecule has 0 aliphatic heterocycles. The number of aromatic carboxylic acids is 1. The third-order valence-corrected chi connectivity index (χ3v) is 10.4. The van der Waals surface area contributed by atoms with E-state index in [1.807, 2.05) is 0 Å². The molecule has 202 valence electrons. The number of rotatable bonds is 6. The number of oxime groups is 1. The van der Waals surface area contributed by atoms with Gasteiger partial charge in [0.2, 0.25) is 0 Å². The zero-order valence-electron chi connectivity index (χ0n) is 22.3. The Balaban J connectivity index is 1.17. The molecule has 1 amide bonds. The maximum absolute atomic E-state index is 12.2. The van der Waals surface area contributed by atoms with Crippen LogP contribution in [0.15, 0.2) is 41.1 Å². The van der Waals surface area contributed by atoms with E-state index in [9.17, 15) is 14.7 Å². The Bertz CT molecular complexity index is 1210. The summed E-state index contributed by atoms with van der Waals surface area (Å²) >= 11 is 0. The van der Waals surface area contributed by atoms with Gasteiger partial charge in [0.05, 0.1) is 11.3 Å². The largest absolute Gasteiger partial charge is 0.478 e. The molecule has 38 heavy (non-hydrogen) atoms. The Morgan fingerprint density at radius 2 is 1.84 bits per heavy atom. The summed E-state index contributed by atoms with van der Waals surface area (Å²) in [4.78, 5) is 28.6. The first-order valence-corrected chi connectivity index (χ1v) is 13.8. The van der Waals surface area contributed by atoms with Gasteiger partial charge in [0.25, 0.3) is 5.91 Å². The summed E-state index contributed by atoms with van der Waals surface area (Å²) in [5.41, 5.74) is 2.33. The second-order valence-electron chi connectivity index (χ2n) is 12.1. The zero-order chi connectivity index (χ0) is 27.1. The van der Waals surface area contributed by atoms with E-state index in [-0.39, 0.29) is 28.9 Å². The van der Waals surface area contributed by atoms with Crippen molar-refractivity contribution in [1.82, 2.24) is 5.32 Å². The van der Waals surface area contributed by atoms with Gasteiger partial charge in [0.1, 0.15) is 5.60 Å². The van der Waals surface area contributed by atoms with Gasteiger partial charge in [0.15, 0.2) is 6.61 Å². The normalized spacial score (nSPS) is 36.7.